The molecular formula is C80H96Br2ClF15KN8NaO9S2. The molecule has 6 aliphatic heterocycles. The van der Waals surface area contributed by atoms with Crippen LogP contribution in [0.4, 0.5) is 71.0 Å². The van der Waals surface area contributed by atoms with Gasteiger partial charge in [-0.25, -0.2) is 4.98 Å². The average molecular weight is 1920 g/mol. The Balaban J connectivity index is 0.000000718. The first-order valence-corrected chi connectivity index (χ1v) is 40.5. The van der Waals surface area contributed by atoms with E-state index < -0.39 is 80.9 Å². The van der Waals surface area contributed by atoms with Crippen molar-refractivity contribution in [2.45, 2.75) is 118 Å². The minimum atomic E-state index is -4.41. The number of likely N-dealkylation sites (N-methyl/N-ethyl adjacent to an activating group) is 2. The second kappa shape index (κ2) is 52.1. The number of carboxylic acid groups (broad SMARTS) is 1. The zero-order chi connectivity index (χ0) is 84.9. The molecule has 0 radical (unpaired) electrons. The summed E-state index contributed by atoms with van der Waals surface area (Å²) in [5, 5.41) is 32.4. The number of carbonyl (C=O) groups excluding carboxylic acids is 1. The van der Waals surface area contributed by atoms with Crippen molar-refractivity contribution >= 4 is 89.0 Å². The maximum Gasteiger partial charge on any atom is 1.00 e. The molecule has 6 fully saturated rings. The molecule has 39 heteroatoms. The number of nitrogens with two attached hydrogens (primary N) is 1. The molecule has 6 aromatic rings. The molecule has 7 heterocycles. The van der Waals surface area contributed by atoms with Crippen LogP contribution in [0.2, 0.25) is 0 Å². The van der Waals surface area contributed by atoms with E-state index in [1.165, 1.54) is 60.7 Å². The second-order valence-corrected chi connectivity index (χ2v) is 30.6. The summed E-state index contributed by atoms with van der Waals surface area (Å²) in [5.41, 5.74) is 2.98. The Morgan fingerprint density at radius 3 is 1.22 bits per heavy atom. The number of carbonyl (C=O) groups is 2. The molecule has 1 aromatic heterocycles. The van der Waals surface area contributed by atoms with Crippen molar-refractivity contribution < 1.29 is 192 Å². The van der Waals surface area contributed by atoms with Crippen LogP contribution in [0, 0.1) is 22.7 Å². The maximum atomic E-state index is 13.0. The van der Waals surface area contributed by atoms with Gasteiger partial charge < -0.3 is 61.0 Å². The molecule has 0 unspecified atom stereocenters. The van der Waals surface area contributed by atoms with E-state index in [4.69, 9.17) is 63.5 Å². The third-order valence-corrected chi connectivity index (χ3v) is 22.4. The molecule has 0 bridgehead atoms. The number of piperazine rings is 2. The van der Waals surface area contributed by atoms with Gasteiger partial charge in [0, 0.05) is 127 Å². The van der Waals surface area contributed by atoms with Gasteiger partial charge in [0.25, 0.3) is 0 Å². The Morgan fingerprint density at radius 2 is 0.882 bits per heavy atom. The SMILES string of the molecule is BrCCOCCBr.C.CN1CCN(C(N)=S)CC1.CN1CCN(c2nc(C3(c4ccc(C(F)(F)F)cc4)CCOCC3)cs2)CC1.N#CC1(c2ccc(C(F)(F)F)cc2)CCOCC1.N#CCc1ccc(C(F)(F)F)cc1.O=C(CCl)C1(c2ccc(C(F)(F)F)cc2)CCOCC1.O=C(O)C1(c2ccc(C(F)(F)F)cc2)CCOCC1.[H-].[K+].[Na+].[OH-]. The number of halogens is 18. The van der Waals surface area contributed by atoms with Crippen LogP contribution < -0.4 is 91.6 Å². The van der Waals surface area contributed by atoms with Gasteiger partial charge in [0.15, 0.2) is 16.0 Å². The first-order chi connectivity index (χ1) is 54.3. The number of alkyl halides is 18. The van der Waals surface area contributed by atoms with Crippen molar-refractivity contribution in [3.63, 3.8) is 0 Å². The third kappa shape index (κ3) is 33.3. The quantitative estimate of drug-likeness (QED) is 0.0339. The molecule has 0 spiro atoms. The van der Waals surface area contributed by atoms with Crippen LogP contribution >= 0.6 is 67.0 Å². The number of hydrogen-bond acceptors (Lipinski definition) is 16. The number of hydrogen-bond donors (Lipinski definition) is 2. The second-order valence-electron chi connectivity index (χ2n) is 27.5. The summed E-state index contributed by atoms with van der Waals surface area (Å²) >= 11 is 18.6. The molecule has 5 aromatic carbocycles. The average Bonchev–Trinajstić information content (AvgIpc) is 1.49. The molecule has 12 rings (SSSR count). The van der Waals surface area contributed by atoms with Gasteiger partial charge in [0.2, 0.25) is 0 Å². The number of aromatic nitrogens is 1. The molecular weight excluding hydrogens is 1820 g/mol. The van der Waals surface area contributed by atoms with Crippen molar-refractivity contribution in [3.8, 4) is 12.1 Å². The van der Waals surface area contributed by atoms with Crippen LogP contribution in [-0.2, 0) is 92.2 Å². The monoisotopic (exact) mass is 1920 g/mol. The van der Waals surface area contributed by atoms with Crippen molar-refractivity contribution in [1.82, 2.24) is 19.7 Å². The van der Waals surface area contributed by atoms with E-state index in [1.807, 2.05) is 11.0 Å². The predicted octanol–water partition coefficient (Wildman–Crippen LogP) is 12.3. The molecule has 4 N–H and O–H groups in total. The van der Waals surface area contributed by atoms with Crippen LogP contribution in [0.3, 0.4) is 0 Å². The van der Waals surface area contributed by atoms with E-state index in [0.29, 0.717) is 106 Å². The summed E-state index contributed by atoms with van der Waals surface area (Å²) in [6.07, 6.45) is -17.7. The van der Waals surface area contributed by atoms with E-state index in [0.717, 1.165) is 154 Å². The van der Waals surface area contributed by atoms with Crippen molar-refractivity contribution in [3.05, 3.63) is 188 Å². The van der Waals surface area contributed by atoms with Gasteiger partial charge in [0.05, 0.1) is 87.4 Å². The van der Waals surface area contributed by atoms with E-state index in [2.05, 4.69) is 72.1 Å². The van der Waals surface area contributed by atoms with Crippen LogP contribution in [0.15, 0.2) is 127 Å². The molecule has 0 atom stereocenters. The molecule has 6 aliphatic rings. The predicted molar refractivity (Wildman–Crippen MR) is 427 cm³/mol. The topological polar surface area (TPSA) is 230 Å². The van der Waals surface area contributed by atoms with Crippen molar-refractivity contribution in [1.29, 1.82) is 10.5 Å². The van der Waals surface area contributed by atoms with Crippen LogP contribution in [-0.4, -0.2) is 196 Å². The maximum absolute atomic E-state index is 13.0. The van der Waals surface area contributed by atoms with Crippen molar-refractivity contribution in [2.24, 2.45) is 5.73 Å². The summed E-state index contributed by atoms with van der Waals surface area (Å²) in [4.78, 5) is 37.5. The Bertz CT molecular complexity index is 4050. The minimum absolute atomic E-state index is 0. The van der Waals surface area contributed by atoms with Crippen LogP contribution in [0.25, 0.3) is 0 Å². The Hall–Kier alpha value is -4.14. The Morgan fingerprint density at radius 1 is 0.555 bits per heavy atom. The number of nitrogens with zero attached hydrogens (tertiary/aromatic N) is 7. The van der Waals surface area contributed by atoms with Crippen LogP contribution in [0.1, 0.15) is 122 Å². The Labute approximate surface area is 781 Å². The number of benzene rings is 5. The Kier molecular flexibility index (Phi) is 48.6. The van der Waals surface area contributed by atoms with E-state index in [9.17, 15) is 85.8 Å². The molecule has 0 aliphatic carbocycles. The number of nitriles is 2. The molecule has 6 saturated heterocycles. The van der Waals surface area contributed by atoms with Gasteiger partial charge in [0.1, 0.15) is 0 Å². The normalized spacial score (nSPS) is 17.6. The summed E-state index contributed by atoms with van der Waals surface area (Å²) < 4.78 is 214. The van der Waals surface area contributed by atoms with Gasteiger partial charge in [-0.1, -0.05) is 100.0 Å². The fourth-order valence-corrected chi connectivity index (χ4v) is 15.1. The molecule has 119 heavy (non-hydrogen) atoms. The smallest absolute Gasteiger partial charge is 1.00 e. The summed E-state index contributed by atoms with van der Waals surface area (Å²) in [6, 6.07) is 28.2. The minimum Gasteiger partial charge on any atom is -1.00 e. The third-order valence-electron chi connectivity index (χ3n) is 20.3. The van der Waals surface area contributed by atoms with Gasteiger partial charge in [-0.3, -0.25) is 9.59 Å². The number of ether oxygens (including phenoxy) is 5. The number of carboxylic acids is 1. The van der Waals surface area contributed by atoms with Crippen LogP contribution in [0.5, 0.6) is 0 Å². The molecule has 650 valence electrons. The molecule has 0 saturated carbocycles. The first-order valence-electron chi connectivity index (χ1n) is 36.4. The zero-order valence-corrected chi connectivity index (χ0v) is 76.1. The fraction of sp³-hybridized carbons (Fsp3) is 0.525. The first kappa shape index (κ1) is 111. The number of Topliss-reactive ketones (excluding diaryl/α,β-unsaturated/α-hetero) is 1. The van der Waals surface area contributed by atoms with E-state index in [-0.39, 0.29) is 132 Å². The number of rotatable bonds is 14. The van der Waals surface area contributed by atoms with Gasteiger partial charge >= 0.3 is 118 Å². The van der Waals surface area contributed by atoms with E-state index >= 15 is 0 Å². The van der Waals surface area contributed by atoms with Gasteiger partial charge in [-0.05, 0) is 166 Å². The van der Waals surface area contributed by atoms with E-state index in [1.54, 1.807) is 23.5 Å². The van der Waals surface area contributed by atoms with Gasteiger partial charge in [-0.2, -0.15) is 76.4 Å². The summed E-state index contributed by atoms with van der Waals surface area (Å²) in [6.45, 7) is 13.1. The standard InChI is InChI=1S/C20H24F3N3OS.C14H14ClF3O2.C13H12F3NO.C13H13F3O3.C9H6F3N.C6H13N3S.C4H8Br2O.CH4.K.Na.H2O.H/c1-25-8-10-26(11-9-25)18-24-17(14-28-18)19(6-12-27-13-7-19)15-2-4-16(5-3-15)20(21,22)23;15-9-12(19)13(5-7-20-8-6-13)10-1-3-11(4-2-10)14(16,17)18;14-13(15,16)11-3-1-10(2-4-11)12(9-17)5-7-18-8-6-12;14-13(15,16)10-3-1-9(2-4-10)12(11(17)18)5-7-19-8-6-12;10-9(11,12)8-3-1-7(2-4-8)5-6-13;1-8-2-4-9(5-3-8)6(7)10;5-1-3-7-4-2-6;;;;;/h2-5,14H,6-13H2,1H3;1-4H,5-9H2;1-4H,5-8H2;1-4H,5-8H2,(H,17,18);1-4H,5H2;2-5H2,1H3,(H2,7,10);1-4H2;1H4;;;1H2;/q;;;;;;;;2*+1;;-1/p-1. The number of ketones is 1. The fourth-order valence-electron chi connectivity index (χ4n) is 13.2. The number of anilines is 1. The number of aliphatic carboxylic acids is 1. The molecule has 0 amide bonds. The van der Waals surface area contributed by atoms with Gasteiger partial charge in [-0.15, -0.1) is 22.9 Å². The van der Waals surface area contributed by atoms with Crippen molar-refractivity contribution in [2.75, 3.05) is 154 Å². The largest absolute Gasteiger partial charge is 1.00 e. The number of thiocarbonyl (C=S) groups is 1. The number of thiazole rings is 1. The summed E-state index contributed by atoms with van der Waals surface area (Å²) in [7, 11) is 4.23. The zero-order valence-electron chi connectivity index (χ0n) is 66.4. The summed E-state index contributed by atoms with van der Waals surface area (Å²) in [5.74, 6) is -1.33. The molecule has 17 nitrogen and oxygen atoms in total.